The van der Waals surface area contributed by atoms with Gasteiger partial charge in [0.25, 0.3) is 0 Å². The van der Waals surface area contributed by atoms with E-state index in [2.05, 4.69) is 0 Å². The van der Waals surface area contributed by atoms with E-state index in [1.807, 2.05) is 11.0 Å². The summed E-state index contributed by atoms with van der Waals surface area (Å²) in [5.41, 5.74) is 1.02. The van der Waals surface area contributed by atoms with Gasteiger partial charge in [-0.25, -0.2) is 4.79 Å². The number of hydrogen-bond donors (Lipinski definition) is 1. The molecule has 0 unspecified atom stereocenters. The van der Waals surface area contributed by atoms with Crippen molar-refractivity contribution in [3.05, 3.63) is 35.4 Å². The van der Waals surface area contributed by atoms with Crippen LogP contribution in [0, 0.1) is 5.92 Å². The van der Waals surface area contributed by atoms with Crippen LogP contribution in [-0.4, -0.2) is 47.7 Å². The van der Waals surface area contributed by atoms with Crippen molar-refractivity contribution in [2.75, 3.05) is 19.7 Å². The van der Waals surface area contributed by atoms with Gasteiger partial charge in [0, 0.05) is 26.1 Å². The maximum Gasteiger partial charge on any atom is 0.335 e. The number of likely N-dealkylation sites (tertiary alicyclic amines) is 1. The Hall–Kier alpha value is -1.88. The molecule has 24 heavy (non-hydrogen) atoms. The largest absolute Gasteiger partial charge is 0.478 e. The Morgan fingerprint density at radius 1 is 1.17 bits per heavy atom. The molecule has 1 N–H and O–H groups in total. The van der Waals surface area contributed by atoms with Crippen LogP contribution in [0.15, 0.2) is 24.3 Å². The molecule has 2 heterocycles. The van der Waals surface area contributed by atoms with Crippen molar-refractivity contribution >= 4 is 11.9 Å². The molecule has 0 radical (unpaired) electrons. The third kappa shape index (κ3) is 3.96. The van der Waals surface area contributed by atoms with Crippen molar-refractivity contribution in [2.24, 2.45) is 5.92 Å². The second-order valence-electron chi connectivity index (χ2n) is 6.73. The number of piperidine rings is 1. The number of carboxylic acid groups (broad SMARTS) is 1. The topological polar surface area (TPSA) is 66.8 Å². The molecule has 0 aromatic heterocycles. The first-order valence-corrected chi connectivity index (χ1v) is 8.85. The Balaban J connectivity index is 1.49. The minimum absolute atomic E-state index is 0.126. The fourth-order valence-electron chi connectivity index (χ4n) is 3.84. The van der Waals surface area contributed by atoms with Crippen molar-refractivity contribution in [3.63, 3.8) is 0 Å². The first-order valence-electron chi connectivity index (χ1n) is 8.85. The van der Waals surface area contributed by atoms with Crippen LogP contribution in [0.1, 0.15) is 48.0 Å². The molecule has 1 aromatic rings. The number of aryl methyl sites for hydroxylation is 1. The van der Waals surface area contributed by atoms with E-state index < -0.39 is 5.97 Å². The summed E-state index contributed by atoms with van der Waals surface area (Å²) in [7, 11) is 0. The maximum absolute atomic E-state index is 12.4. The number of benzene rings is 1. The van der Waals surface area contributed by atoms with Gasteiger partial charge < -0.3 is 14.7 Å². The Kier molecular flexibility index (Phi) is 5.51. The molecule has 1 aromatic carbocycles. The predicted octanol–water partition coefficient (Wildman–Crippen LogP) is 2.74. The number of aromatic carboxylic acids is 1. The highest BCUT2D eigenvalue weighted by atomic mass is 16.5. The smallest absolute Gasteiger partial charge is 0.335 e. The molecule has 5 nitrogen and oxygen atoms in total. The zero-order valence-electron chi connectivity index (χ0n) is 13.9. The second kappa shape index (κ2) is 7.79. The van der Waals surface area contributed by atoms with Crippen LogP contribution in [0.2, 0.25) is 0 Å². The van der Waals surface area contributed by atoms with Gasteiger partial charge in [0.1, 0.15) is 0 Å². The Labute approximate surface area is 142 Å². The fourth-order valence-corrected chi connectivity index (χ4v) is 3.84. The van der Waals surface area contributed by atoms with E-state index in [4.69, 9.17) is 4.74 Å². The molecule has 1 amide bonds. The van der Waals surface area contributed by atoms with E-state index >= 15 is 0 Å². The van der Waals surface area contributed by atoms with Gasteiger partial charge in [-0.2, -0.15) is 0 Å². The summed E-state index contributed by atoms with van der Waals surface area (Å²) in [4.78, 5) is 25.6. The molecule has 0 spiro atoms. The number of ether oxygens (including phenoxy) is 1. The molecule has 2 aliphatic heterocycles. The van der Waals surface area contributed by atoms with Crippen LogP contribution >= 0.6 is 0 Å². The highest BCUT2D eigenvalue weighted by molar-refractivity contribution is 5.89. The lowest BCUT2D eigenvalue weighted by atomic mass is 9.89. The molecule has 0 aliphatic carbocycles. The van der Waals surface area contributed by atoms with E-state index in [0.717, 1.165) is 50.9 Å². The first kappa shape index (κ1) is 17.0. The van der Waals surface area contributed by atoms with Crippen molar-refractivity contribution in [3.8, 4) is 0 Å². The van der Waals surface area contributed by atoms with Crippen LogP contribution in [0.4, 0.5) is 0 Å². The summed E-state index contributed by atoms with van der Waals surface area (Å²) in [6.07, 6.45) is 5.59. The first-order chi connectivity index (χ1) is 11.6. The van der Waals surface area contributed by atoms with Crippen LogP contribution < -0.4 is 0 Å². The van der Waals surface area contributed by atoms with Gasteiger partial charge in [0.2, 0.25) is 5.91 Å². The van der Waals surface area contributed by atoms with Gasteiger partial charge in [-0.05, 0) is 49.7 Å². The molecule has 2 saturated heterocycles. The van der Waals surface area contributed by atoms with E-state index in [1.54, 1.807) is 18.2 Å². The van der Waals surface area contributed by atoms with E-state index in [9.17, 15) is 14.7 Å². The van der Waals surface area contributed by atoms with Gasteiger partial charge in [-0.1, -0.05) is 18.2 Å². The lowest BCUT2D eigenvalue weighted by Gasteiger charge is -2.34. The third-order valence-corrected chi connectivity index (χ3v) is 5.24. The van der Waals surface area contributed by atoms with Crippen molar-refractivity contribution in [1.82, 2.24) is 4.90 Å². The highest BCUT2D eigenvalue weighted by Crippen LogP contribution is 2.29. The van der Waals surface area contributed by atoms with E-state index in [1.165, 1.54) is 0 Å². The third-order valence-electron chi connectivity index (χ3n) is 5.24. The lowest BCUT2D eigenvalue weighted by molar-refractivity contribution is -0.133. The number of carbonyl (C=O) groups excluding carboxylic acids is 1. The molecule has 0 bridgehead atoms. The number of carbonyl (C=O) groups is 2. The molecule has 5 heteroatoms. The Morgan fingerprint density at radius 3 is 2.58 bits per heavy atom. The van der Waals surface area contributed by atoms with Crippen LogP contribution in [0.25, 0.3) is 0 Å². The standard InChI is InChI=1S/C19H25NO4/c21-18(8-7-14-4-1-2-5-16(14)19(22)23)20-11-9-15(10-12-20)17-6-3-13-24-17/h1-2,4-5,15,17H,3,6-13H2,(H,22,23)/t17-/m1/s1. The Bertz CT molecular complexity index is 587. The quantitative estimate of drug-likeness (QED) is 0.901. The minimum atomic E-state index is -0.935. The predicted molar refractivity (Wildman–Crippen MR) is 90.0 cm³/mol. The summed E-state index contributed by atoms with van der Waals surface area (Å²) in [6, 6.07) is 6.92. The summed E-state index contributed by atoms with van der Waals surface area (Å²) < 4.78 is 5.77. The van der Waals surface area contributed by atoms with Crippen molar-refractivity contribution < 1.29 is 19.4 Å². The van der Waals surface area contributed by atoms with Gasteiger partial charge in [0.05, 0.1) is 11.7 Å². The van der Waals surface area contributed by atoms with Crippen LogP contribution in [0.3, 0.4) is 0 Å². The summed E-state index contributed by atoms with van der Waals surface area (Å²) >= 11 is 0. The number of hydrogen-bond acceptors (Lipinski definition) is 3. The summed E-state index contributed by atoms with van der Waals surface area (Å²) in [6.45, 7) is 2.47. The van der Waals surface area contributed by atoms with Gasteiger partial charge in [0.15, 0.2) is 0 Å². The zero-order valence-corrected chi connectivity index (χ0v) is 13.9. The molecule has 1 atom stereocenters. The summed E-state index contributed by atoms with van der Waals surface area (Å²) in [5, 5.41) is 9.21. The average Bonchev–Trinajstić information content (AvgIpc) is 3.14. The SMILES string of the molecule is O=C(O)c1ccccc1CCC(=O)N1CCC([C@H]2CCCO2)CC1. The normalized spacial score (nSPS) is 21.8. The molecule has 2 aliphatic rings. The monoisotopic (exact) mass is 331 g/mol. The molecule has 2 fully saturated rings. The number of nitrogens with zero attached hydrogens (tertiary/aromatic N) is 1. The van der Waals surface area contributed by atoms with E-state index in [0.29, 0.717) is 30.4 Å². The molecule has 3 rings (SSSR count). The number of carboxylic acids is 1. The number of rotatable bonds is 5. The van der Waals surface area contributed by atoms with Crippen LogP contribution in [0.5, 0.6) is 0 Å². The average molecular weight is 331 g/mol. The van der Waals surface area contributed by atoms with Gasteiger partial charge in [-0.3, -0.25) is 4.79 Å². The van der Waals surface area contributed by atoms with Gasteiger partial charge >= 0.3 is 5.97 Å². The van der Waals surface area contributed by atoms with E-state index in [-0.39, 0.29) is 5.91 Å². The molecule has 130 valence electrons. The summed E-state index contributed by atoms with van der Waals surface area (Å²) in [5.74, 6) is -0.222. The fraction of sp³-hybridized carbons (Fsp3) is 0.579. The molecular weight excluding hydrogens is 306 g/mol. The zero-order chi connectivity index (χ0) is 16.9. The van der Waals surface area contributed by atoms with Gasteiger partial charge in [-0.15, -0.1) is 0 Å². The maximum atomic E-state index is 12.4. The van der Waals surface area contributed by atoms with Crippen LogP contribution in [-0.2, 0) is 16.0 Å². The lowest BCUT2D eigenvalue weighted by Crippen LogP contribution is -2.41. The molecular formula is C19H25NO4. The number of amides is 1. The molecule has 0 saturated carbocycles. The van der Waals surface area contributed by atoms with Crippen molar-refractivity contribution in [1.29, 1.82) is 0 Å². The highest BCUT2D eigenvalue weighted by Gasteiger charge is 2.30. The minimum Gasteiger partial charge on any atom is -0.478 e. The Morgan fingerprint density at radius 2 is 1.92 bits per heavy atom. The second-order valence-corrected chi connectivity index (χ2v) is 6.73. The van der Waals surface area contributed by atoms with Crippen molar-refractivity contribution in [2.45, 2.75) is 44.6 Å².